The summed E-state index contributed by atoms with van der Waals surface area (Å²) in [6.45, 7) is 0. The Kier molecular flexibility index (Phi) is 5.00. The van der Waals surface area contributed by atoms with Crippen molar-refractivity contribution in [1.29, 1.82) is 0 Å². The summed E-state index contributed by atoms with van der Waals surface area (Å²) < 4.78 is 2.44. The van der Waals surface area contributed by atoms with E-state index in [-0.39, 0.29) is 0 Å². The van der Waals surface area contributed by atoms with Crippen molar-refractivity contribution in [3.63, 3.8) is 0 Å². The second kappa shape index (κ2) is 9.09. The van der Waals surface area contributed by atoms with Crippen LogP contribution in [0.2, 0.25) is 0 Å². The molecule has 0 amide bonds. The third kappa shape index (κ3) is 3.43. The molecular weight excluding hydrogens is 551 g/mol. The van der Waals surface area contributed by atoms with E-state index in [0.29, 0.717) is 0 Å². The summed E-state index contributed by atoms with van der Waals surface area (Å²) in [5.41, 5.74) is 8.81. The fraction of sp³-hybridized carbons (Fsp3) is 0. The van der Waals surface area contributed by atoms with Crippen LogP contribution in [0.5, 0.6) is 0 Å². The van der Waals surface area contributed by atoms with E-state index in [9.17, 15) is 0 Å². The van der Waals surface area contributed by atoms with Crippen LogP contribution in [-0.2, 0) is 0 Å². The summed E-state index contributed by atoms with van der Waals surface area (Å²) >= 11 is 1.88. The zero-order valence-corrected chi connectivity index (χ0v) is 24.6. The molecular formula is C42H25NS. The van der Waals surface area contributed by atoms with E-state index in [0.717, 1.165) is 0 Å². The minimum Gasteiger partial charge on any atom is -0.309 e. The Hall–Kier alpha value is -5.31. The zero-order valence-electron chi connectivity index (χ0n) is 23.8. The number of nitrogens with zero attached hydrogens (tertiary/aromatic N) is 1. The number of hydrogen-bond acceptors (Lipinski definition) is 1. The molecule has 1 aliphatic heterocycles. The van der Waals surface area contributed by atoms with Crippen LogP contribution in [0.15, 0.2) is 161 Å². The largest absolute Gasteiger partial charge is 0.309 e. The molecule has 0 spiro atoms. The molecule has 1 aliphatic rings. The second-order valence-corrected chi connectivity index (χ2v) is 12.8. The maximum atomic E-state index is 2.44. The smallest absolute Gasteiger partial charge is 0.0547 e. The van der Waals surface area contributed by atoms with Crippen molar-refractivity contribution in [3.05, 3.63) is 152 Å². The van der Waals surface area contributed by atoms with Crippen molar-refractivity contribution >= 4 is 65.9 Å². The van der Waals surface area contributed by atoms with Gasteiger partial charge in [-0.2, -0.15) is 0 Å². The lowest BCUT2D eigenvalue weighted by Gasteiger charge is -2.21. The molecule has 0 N–H and O–H groups in total. The summed E-state index contributed by atoms with van der Waals surface area (Å²) in [5.74, 6) is 0. The molecule has 44 heavy (non-hydrogen) atoms. The van der Waals surface area contributed by atoms with Gasteiger partial charge in [0.2, 0.25) is 0 Å². The summed E-state index contributed by atoms with van der Waals surface area (Å²) in [6, 6.07) is 56.1. The van der Waals surface area contributed by atoms with E-state index in [4.69, 9.17) is 0 Å². The maximum Gasteiger partial charge on any atom is 0.0547 e. The summed E-state index contributed by atoms with van der Waals surface area (Å²) in [4.78, 5) is 2.66. The van der Waals surface area contributed by atoms with E-state index in [2.05, 4.69) is 156 Å². The highest BCUT2D eigenvalue weighted by molar-refractivity contribution is 7.99. The Labute approximate surface area is 259 Å². The highest BCUT2D eigenvalue weighted by Gasteiger charge is 2.21. The molecule has 2 heterocycles. The molecule has 0 atom stereocenters. The number of benzene rings is 8. The van der Waals surface area contributed by atoms with Crippen LogP contribution in [0.4, 0.5) is 0 Å². The van der Waals surface area contributed by atoms with Crippen LogP contribution in [0.25, 0.3) is 82.1 Å². The molecule has 0 bridgehead atoms. The summed E-state index contributed by atoms with van der Waals surface area (Å²) in [7, 11) is 0. The lowest BCUT2D eigenvalue weighted by molar-refractivity contribution is 1.18. The Bertz CT molecular complexity index is 2530. The molecule has 0 aliphatic carbocycles. The Morgan fingerprint density at radius 2 is 0.977 bits per heavy atom. The van der Waals surface area contributed by atoms with E-state index in [1.54, 1.807) is 0 Å². The van der Waals surface area contributed by atoms with Crippen LogP contribution in [-0.4, -0.2) is 4.57 Å². The van der Waals surface area contributed by atoms with Crippen molar-refractivity contribution in [1.82, 2.24) is 4.57 Å². The van der Waals surface area contributed by atoms with Crippen LogP contribution in [0.3, 0.4) is 0 Å². The number of hydrogen-bond donors (Lipinski definition) is 0. The minimum atomic E-state index is 1.17. The first kappa shape index (κ1) is 24.2. The Morgan fingerprint density at radius 3 is 1.66 bits per heavy atom. The quantitative estimate of drug-likeness (QED) is 0.198. The van der Waals surface area contributed by atoms with Crippen LogP contribution in [0, 0.1) is 0 Å². The van der Waals surface area contributed by atoms with Crippen molar-refractivity contribution in [2.75, 3.05) is 0 Å². The molecule has 0 saturated heterocycles. The van der Waals surface area contributed by atoms with Crippen LogP contribution < -0.4 is 0 Å². The number of rotatable bonds is 2. The first-order valence-corrected chi connectivity index (χ1v) is 15.9. The summed E-state index contributed by atoms with van der Waals surface area (Å²) in [6.07, 6.45) is 0. The summed E-state index contributed by atoms with van der Waals surface area (Å²) in [5, 5.41) is 10.3. The fourth-order valence-corrected chi connectivity index (χ4v) is 8.42. The average Bonchev–Trinajstić information content (AvgIpc) is 3.38. The number of aromatic nitrogens is 1. The number of fused-ring (bicyclic) bond motifs is 7. The molecule has 2 heteroatoms. The third-order valence-electron chi connectivity index (χ3n) is 9.34. The van der Waals surface area contributed by atoms with Gasteiger partial charge < -0.3 is 4.57 Å². The van der Waals surface area contributed by atoms with Crippen molar-refractivity contribution in [2.24, 2.45) is 0 Å². The molecule has 9 aromatic rings. The van der Waals surface area contributed by atoms with Gasteiger partial charge in [-0.1, -0.05) is 115 Å². The monoisotopic (exact) mass is 575 g/mol. The van der Waals surface area contributed by atoms with Gasteiger partial charge in [-0.25, -0.2) is 0 Å². The Morgan fingerprint density at radius 1 is 0.386 bits per heavy atom. The molecule has 0 radical (unpaired) electrons. The first-order chi connectivity index (χ1) is 21.8. The molecule has 1 aromatic heterocycles. The van der Waals surface area contributed by atoms with Crippen molar-refractivity contribution < 1.29 is 0 Å². The molecule has 1 nitrogen and oxygen atoms in total. The average molecular weight is 576 g/mol. The van der Waals surface area contributed by atoms with Crippen LogP contribution >= 0.6 is 11.8 Å². The molecule has 0 fully saturated rings. The normalized spacial score (nSPS) is 12.5. The lowest BCUT2D eigenvalue weighted by atomic mass is 9.92. The predicted octanol–water partition coefficient (Wildman–Crippen LogP) is 12.0. The topological polar surface area (TPSA) is 4.93 Å². The van der Waals surface area contributed by atoms with Gasteiger partial charge in [-0.05, 0) is 97.7 Å². The van der Waals surface area contributed by atoms with Gasteiger partial charge in [0.05, 0.1) is 11.0 Å². The van der Waals surface area contributed by atoms with Gasteiger partial charge in [-0.15, -0.1) is 0 Å². The van der Waals surface area contributed by atoms with Crippen molar-refractivity contribution in [2.45, 2.75) is 9.79 Å². The van der Waals surface area contributed by atoms with Gasteiger partial charge in [0.25, 0.3) is 0 Å². The van der Waals surface area contributed by atoms with Gasteiger partial charge in [0, 0.05) is 31.6 Å². The molecule has 10 rings (SSSR count). The van der Waals surface area contributed by atoms with Gasteiger partial charge in [-0.3, -0.25) is 0 Å². The first-order valence-electron chi connectivity index (χ1n) is 15.1. The standard InChI is InChI=1S/C42H25NS/c1-3-10-29-24-38-36(22-27(29)8-1)37-23-28-9-2-4-11-30(28)25-39(37)43(38)31-18-16-26(17-19-31)32-20-21-41-42-34(32)13-7-14-35(42)33-12-5-6-15-40(33)44-41/h1-25H. The predicted molar refractivity (Wildman–Crippen MR) is 188 cm³/mol. The zero-order chi connectivity index (χ0) is 28.8. The molecule has 204 valence electrons. The minimum absolute atomic E-state index is 1.17. The van der Waals surface area contributed by atoms with Gasteiger partial charge >= 0.3 is 0 Å². The van der Waals surface area contributed by atoms with E-state index < -0.39 is 0 Å². The lowest BCUT2D eigenvalue weighted by Crippen LogP contribution is -1.95. The second-order valence-electron chi connectivity index (χ2n) is 11.8. The van der Waals surface area contributed by atoms with E-state index >= 15 is 0 Å². The third-order valence-corrected chi connectivity index (χ3v) is 10.5. The van der Waals surface area contributed by atoms with E-state index in [1.807, 2.05) is 11.8 Å². The van der Waals surface area contributed by atoms with Crippen LogP contribution in [0.1, 0.15) is 0 Å². The van der Waals surface area contributed by atoms with E-state index in [1.165, 1.54) is 91.9 Å². The SMILES string of the molecule is c1ccc2c(c1)Sc1ccc(-c3ccc(-n4c5cc6ccccc6cc5c5cc6ccccc6cc54)cc3)c3cccc-2c13. The highest BCUT2D eigenvalue weighted by Crippen LogP contribution is 2.49. The maximum absolute atomic E-state index is 2.44. The Balaban J connectivity index is 1.18. The molecule has 8 aromatic carbocycles. The highest BCUT2D eigenvalue weighted by atomic mass is 32.2. The molecule has 0 unspecified atom stereocenters. The fourth-order valence-electron chi connectivity index (χ4n) is 7.29. The molecule has 0 saturated carbocycles. The van der Waals surface area contributed by atoms with Gasteiger partial charge in [0.15, 0.2) is 0 Å². The van der Waals surface area contributed by atoms with Crippen molar-refractivity contribution in [3.8, 4) is 27.9 Å². The van der Waals surface area contributed by atoms with Gasteiger partial charge in [0.1, 0.15) is 0 Å².